The van der Waals surface area contributed by atoms with Crippen molar-refractivity contribution in [1.29, 1.82) is 0 Å². The van der Waals surface area contributed by atoms with Crippen molar-refractivity contribution in [3.8, 4) is 0 Å². The number of nitrogens with one attached hydrogen (secondary N) is 1. The maximum atomic E-state index is 5.85. The predicted octanol–water partition coefficient (Wildman–Crippen LogP) is 3.52. The number of rotatable bonds is 2. The second-order valence-electron chi connectivity index (χ2n) is 4.84. The molecule has 4 heteroatoms. The third-order valence-corrected chi connectivity index (χ3v) is 4.29. The summed E-state index contributed by atoms with van der Waals surface area (Å²) in [6.07, 6.45) is 3.50. The molecule has 3 N–H and O–H groups in total. The van der Waals surface area contributed by atoms with Crippen molar-refractivity contribution in [3.63, 3.8) is 0 Å². The molecule has 18 heavy (non-hydrogen) atoms. The largest absolute Gasteiger partial charge is 0.399 e. The molecule has 1 heterocycles. The summed E-state index contributed by atoms with van der Waals surface area (Å²) in [5.74, 6) is 0. The van der Waals surface area contributed by atoms with Gasteiger partial charge in [-0.1, -0.05) is 6.07 Å². The average Bonchev–Trinajstić information content (AvgIpc) is 2.75. The zero-order valence-corrected chi connectivity index (χ0v) is 11.3. The lowest BCUT2D eigenvalue weighted by Gasteiger charge is -2.26. The standard InChI is InChI=1S/C14H17N3S/c1-9-8-18-14(16-9)17-13-4-2-3-10-7-11(15)5-6-12(10)13/h5-8,13H,2-4,15H2,1H3,(H,16,17). The lowest BCUT2D eigenvalue weighted by molar-refractivity contribution is 0.600. The van der Waals surface area contributed by atoms with Crippen LogP contribution in [0.25, 0.3) is 0 Å². The fourth-order valence-corrected chi connectivity index (χ4v) is 3.30. The van der Waals surface area contributed by atoms with Gasteiger partial charge in [0.05, 0.1) is 11.7 Å². The fraction of sp³-hybridized carbons (Fsp3) is 0.357. The molecule has 1 aromatic heterocycles. The average molecular weight is 259 g/mol. The van der Waals surface area contributed by atoms with Crippen molar-refractivity contribution < 1.29 is 0 Å². The molecule has 0 radical (unpaired) electrons. The second kappa shape index (κ2) is 4.61. The van der Waals surface area contributed by atoms with E-state index < -0.39 is 0 Å². The summed E-state index contributed by atoms with van der Waals surface area (Å²) in [7, 11) is 0. The maximum absolute atomic E-state index is 5.85. The molecule has 1 unspecified atom stereocenters. The summed E-state index contributed by atoms with van der Waals surface area (Å²) in [4.78, 5) is 4.48. The van der Waals surface area contributed by atoms with Crippen LogP contribution in [0.4, 0.5) is 10.8 Å². The third kappa shape index (κ3) is 2.20. The van der Waals surface area contributed by atoms with E-state index in [2.05, 4.69) is 27.8 Å². The molecule has 1 aliphatic rings. The Hall–Kier alpha value is -1.55. The maximum Gasteiger partial charge on any atom is 0.183 e. The van der Waals surface area contributed by atoms with Gasteiger partial charge >= 0.3 is 0 Å². The van der Waals surface area contributed by atoms with Gasteiger partial charge in [0.25, 0.3) is 0 Å². The van der Waals surface area contributed by atoms with Crippen LogP contribution in [0.1, 0.15) is 35.7 Å². The molecule has 3 rings (SSSR count). The molecule has 0 saturated heterocycles. The number of hydrogen-bond acceptors (Lipinski definition) is 4. The summed E-state index contributed by atoms with van der Waals surface area (Å²) in [5, 5.41) is 6.64. The topological polar surface area (TPSA) is 50.9 Å². The number of benzene rings is 1. The lowest BCUT2D eigenvalue weighted by Crippen LogP contribution is -2.17. The third-order valence-electron chi connectivity index (χ3n) is 3.40. The predicted molar refractivity (Wildman–Crippen MR) is 77.0 cm³/mol. The van der Waals surface area contributed by atoms with Gasteiger partial charge in [0, 0.05) is 11.1 Å². The highest BCUT2D eigenvalue weighted by Gasteiger charge is 2.20. The Morgan fingerprint density at radius 2 is 2.33 bits per heavy atom. The van der Waals surface area contributed by atoms with Gasteiger partial charge in [-0.2, -0.15) is 0 Å². The van der Waals surface area contributed by atoms with E-state index in [9.17, 15) is 0 Å². The van der Waals surface area contributed by atoms with Gasteiger partial charge in [0.2, 0.25) is 0 Å². The Morgan fingerprint density at radius 1 is 1.44 bits per heavy atom. The van der Waals surface area contributed by atoms with Crippen LogP contribution in [0.3, 0.4) is 0 Å². The molecule has 94 valence electrons. The molecule has 1 aliphatic carbocycles. The SMILES string of the molecule is Cc1csc(NC2CCCc3cc(N)ccc32)n1. The number of aromatic nitrogens is 1. The van der Waals surface area contributed by atoms with Crippen LogP contribution in [-0.2, 0) is 6.42 Å². The van der Waals surface area contributed by atoms with Gasteiger partial charge in [-0.25, -0.2) is 4.98 Å². The molecule has 2 aromatic rings. The molecule has 0 fully saturated rings. The molecule has 3 nitrogen and oxygen atoms in total. The van der Waals surface area contributed by atoms with Crippen LogP contribution in [-0.4, -0.2) is 4.98 Å². The van der Waals surface area contributed by atoms with Crippen molar-refractivity contribution in [3.05, 3.63) is 40.4 Å². The Morgan fingerprint density at radius 3 is 3.11 bits per heavy atom. The number of nitrogen functional groups attached to an aromatic ring is 1. The van der Waals surface area contributed by atoms with Gasteiger partial charge in [-0.3, -0.25) is 0 Å². The van der Waals surface area contributed by atoms with Crippen molar-refractivity contribution in [1.82, 2.24) is 4.98 Å². The van der Waals surface area contributed by atoms with E-state index in [1.807, 2.05) is 13.0 Å². The van der Waals surface area contributed by atoms with Gasteiger partial charge in [-0.15, -0.1) is 11.3 Å². The van der Waals surface area contributed by atoms with Crippen LogP contribution >= 0.6 is 11.3 Å². The van der Waals surface area contributed by atoms with E-state index in [0.29, 0.717) is 6.04 Å². The highest BCUT2D eigenvalue weighted by atomic mass is 32.1. The van der Waals surface area contributed by atoms with Crippen LogP contribution < -0.4 is 11.1 Å². The zero-order valence-electron chi connectivity index (χ0n) is 10.4. The Labute approximate surface area is 111 Å². The van der Waals surface area contributed by atoms with E-state index in [0.717, 1.165) is 29.4 Å². The van der Waals surface area contributed by atoms with Gasteiger partial charge in [0.15, 0.2) is 5.13 Å². The van der Waals surface area contributed by atoms with Crippen LogP contribution in [0.5, 0.6) is 0 Å². The molecule has 0 spiro atoms. The van der Waals surface area contributed by atoms with E-state index in [1.54, 1.807) is 11.3 Å². The van der Waals surface area contributed by atoms with E-state index >= 15 is 0 Å². The van der Waals surface area contributed by atoms with Crippen molar-refractivity contribution in [2.45, 2.75) is 32.2 Å². The van der Waals surface area contributed by atoms with Crippen molar-refractivity contribution in [2.24, 2.45) is 0 Å². The number of hydrogen-bond donors (Lipinski definition) is 2. The number of aryl methyl sites for hydroxylation is 2. The number of anilines is 2. The first-order chi connectivity index (χ1) is 8.72. The van der Waals surface area contributed by atoms with Gasteiger partial charge in [0.1, 0.15) is 0 Å². The quantitative estimate of drug-likeness (QED) is 0.811. The summed E-state index contributed by atoms with van der Waals surface area (Å²) >= 11 is 1.67. The van der Waals surface area contributed by atoms with Crippen molar-refractivity contribution >= 4 is 22.2 Å². The minimum absolute atomic E-state index is 0.375. The van der Waals surface area contributed by atoms with Crippen molar-refractivity contribution in [2.75, 3.05) is 11.1 Å². The van der Waals surface area contributed by atoms with Crippen LogP contribution in [0, 0.1) is 6.92 Å². The first-order valence-electron chi connectivity index (χ1n) is 6.29. The second-order valence-corrected chi connectivity index (χ2v) is 5.70. The summed E-state index contributed by atoms with van der Waals surface area (Å²) in [5.41, 5.74) is 10.6. The number of thiazole rings is 1. The molecule has 1 aromatic carbocycles. The molecule has 0 bridgehead atoms. The molecule has 0 aliphatic heterocycles. The molecule has 1 atom stereocenters. The summed E-state index contributed by atoms with van der Waals surface area (Å²) < 4.78 is 0. The Balaban J connectivity index is 1.87. The Bertz CT molecular complexity index is 562. The lowest BCUT2D eigenvalue weighted by atomic mass is 9.87. The highest BCUT2D eigenvalue weighted by molar-refractivity contribution is 7.13. The molecular formula is C14H17N3S. The molecule has 0 saturated carbocycles. The smallest absolute Gasteiger partial charge is 0.183 e. The minimum atomic E-state index is 0.375. The number of fused-ring (bicyclic) bond motifs is 1. The Kier molecular flexibility index (Phi) is 2.96. The normalized spacial score (nSPS) is 18.4. The van der Waals surface area contributed by atoms with E-state index in [4.69, 9.17) is 5.73 Å². The minimum Gasteiger partial charge on any atom is -0.399 e. The number of nitrogens with zero attached hydrogens (tertiary/aromatic N) is 1. The van der Waals surface area contributed by atoms with E-state index in [1.165, 1.54) is 17.5 Å². The fourth-order valence-electron chi connectivity index (χ4n) is 2.55. The first-order valence-corrected chi connectivity index (χ1v) is 7.17. The van der Waals surface area contributed by atoms with E-state index in [-0.39, 0.29) is 0 Å². The first kappa shape index (κ1) is 11.5. The van der Waals surface area contributed by atoms with Gasteiger partial charge < -0.3 is 11.1 Å². The monoisotopic (exact) mass is 259 g/mol. The summed E-state index contributed by atoms with van der Waals surface area (Å²) in [6.45, 7) is 2.02. The zero-order chi connectivity index (χ0) is 12.5. The van der Waals surface area contributed by atoms with Crippen LogP contribution in [0.2, 0.25) is 0 Å². The summed E-state index contributed by atoms with van der Waals surface area (Å²) in [6, 6.07) is 6.63. The number of nitrogens with two attached hydrogens (primary N) is 1. The van der Waals surface area contributed by atoms with Gasteiger partial charge in [-0.05, 0) is 49.4 Å². The van der Waals surface area contributed by atoms with Crippen LogP contribution in [0.15, 0.2) is 23.6 Å². The highest BCUT2D eigenvalue weighted by Crippen LogP contribution is 2.34. The molecule has 0 amide bonds. The molecular weight excluding hydrogens is 242 g/mol.